The lowest BCUT2D eigenvalue weighted by atomic mass is 9.93. The zero-order chi connectivity index (χ0) is 10.9. The minimum atomic E-state index is -0.789. The van der Waals surface area contributed by atoms with Crippen molar-refractivity contribution >= 4 is 5.97 Å². The zero-order valence-electron chi connectivity index (χ0n) is 8.98. The Morgan fingerprint density at radius 1 is 1.57 bits per heavy atom. The van der Waals surface area contributed by atoms with Gasteiger partial charge in [0.1, 0.15) is 11.7 Å². The van der Waals surface area contributed by atoms with Crippen molar-refractivity contribution in [3.8, 4) is 0 Å². The molecule has 1 rings (SSSR count). The molecule has 1 aromatic heterocycles. The predicted octanol–water partition coefficient (Wildman–Crippen LogP) is 1.55. The van der Waals surface area contributed by atoms with E-state index in [-0.39, 0.29) is 5.92 Å². The highest BCUT2D eigenvalue weighted by Gasteiger charge is 2.26. The Kier molecular flexibility index (Phi) is 2.93. The molecule has 0 saturated heterocycles. The fourth-order valence-electron chi connectivity index (χ4n) is 1.56. The van der Waals surface area contributed by atoms with Crippen LogP contribution in [0.4, 0.5) is 0 Å². The number of aromatic nitrogens is 2. The van der Waals surface area contributed by atoms with Crippen LogP contribution in [0.3, 0.4) is 0 Å². The summed E-state index contributed by atoms with van der Waals surface area (Å²) in [5.41, 5.74) is 0.769. The summed E-state index contributed by atoms with van der Waals surface area (Å²) in [7, 11) is 1.84. The molecule has 1 N–H and O–H groups in total. The molecule has 0 spiro atoms. The van der Waals surface area contributed by atoms with Gasteiger partial charge >= 0.3 is 5.97 Å². The highest BCUT2D eigenvalue weighted by Crippen LogP contribution is 2.24. The predicted molar refractivity (Wildman–Crippen MR) is 53.2 cm³/mol. The van der Waals surface area contributed by atoms with Crippen molar-refractivity contribution in [2.75, 3.05) is 0 Å². The summed E-state index contributed by atoms with van der Waals surface area (Å²) >= 11 is 0. The van der Waals surface area contributed by atoms with Crippen LogP contribution in [0.5, 0.6) is 0 Å². The standard InChI is InChI=1S/C10H16N2O2/c1-6(2)9(10(13)14)8-5-11-7(3)12(8)4/h5-6,9H,1-4H3,(H,13,14). The highest BCUT2D eigenvalue weighted by molar-refractivity contribution is 5.75. The van der Waals surface area contributed by atoms with Gasteiger partial charge in [0, 0.05) is 13.2 Å². The van der Waals surface area contributed by atoms with Crippen LogP contribution in [0.1, 0.15) is 31.3 Å². The molecular weight excluding hydrogens is 180 g/mol. The number of carbonyl (C=O) groups is 1. The summed E-state index contributed by atoms with van der Waals surface area (Å²) in [5, 5.41) is 9.09. The number of aryl methyl sites for hydroxylation is 1. The molecule has 0 saturated carbocycles. The van der Waals surface area contributed by atoms with Crippen LogP contribution in [0, 0.1) is 12.8 Å². The Morgan fingerprint density at radius 2 is 2.14 bits per heavy atom. The number of rotatable bonds is 3. The van der Waals surface area contributed by atoms with Gasteiger partial charge in [0.05, 0.1) is 5.69 Å². The van der Waals surface area contributed by atoms with E-state index in [2.05, 4.69) is 4.98 Å². The quantitative estimate of drug-likeness (QED) is 0.798. The number of imidazole rings is 1. The minimum Gasteiger partial charge on any atom is -0.481 e. The number of hydrogen-bond acceptors (Lipinski definition) is 2. The van der Waals surface area contributed by atoms with E-state index in [9.17, 15) is 4.79 Å². The molecule has 0 aliphatic carbocycles. The third kappa shape index (κ3) is 1.78. The monoisotopic (exact) mass is 196 g/mol. The first-order valence-electron chi connectivity index (χ1n) is 4.66. The van der Waals surface area contributed by atoms with Gasteiger partial charge in [-0.25, -0.2) is 4.98 Å². The first-order valence-corrected chi connectivity index (χ1v) is 4.66. The Bertz CT molecular complexity index is 342. The number of aliphatic carboxylic acids is 1. The van der Waals surface area contributed by atoms with Crippen molar-refractivity contribution < 1.29 is 9.90 Å². The van der Waals surface area contributed by atoms with Gasteiger partial charge in [0.2, 0.25) is 0 Å². The van der Waals surface area contributed by atoms with E-state index in [1.54, 1.807) is 6.20 Å². The SMILES string of the molecule is Cc1ncc(C(C(=O)O)C(C)C)n1C. The van der Waals surface area contributed by atoms with Gasteiger partial charge in [-0.3, -0.25) is 4.79 Å². The average molecular weight is 196 g/mol. The van der Waals surface area contributed by atoms with Crippen molar-refractivity contribution in [2.45, 2.75) is 26.7 Å². The Hall–Kier alpha value is -1.32. The molecule has 14 heavy (non-hydrogen) atoms. The van der Waals surface area contributed by atoms with Crippen molar-refractivity contribution in [1.82, 2.24) is 9.55 Å². The van der Waals surface area contributed by atoms with E-state index in [1.165, 1.54) is 0 Å². The molecule has 4 heteroatoms. The Morgan fingerprint density at radius 3 is 2.43 bits per heavy atom. The topological polar surface area (TPSA) is 55.1 Å². The van der Waals surface area contributed by atoms with Gasteiger partial charge < -0.3 is 9.67 Å². The summed E-state index contributed by atoms with van der Waals surface area (Å²) in [6.07, 6.45) is 1.65. The molecule has 0 radical (unpaired) electrons. The third-order valence-corrected chi connectivity index (χ3v) is 2.51. The maximum Gasteiger partial charge on any atom is 0.312 e. The van der Waals surface area contributed by atoms with Crippen molar-refractivity contribution in [2.24, 2.45) is 13.0 Å². The maximum absolute atomic E-state index is 11.1. The maximum atomic E-state index is 11.1. The summed E-state index contributed by atoms with van der Waals surface area (Å²) in [5.74, 6) is -0.349. The second kappa shape index (κ2) is 3.82. The summed E-state index contributed by atoms with van der Waals surface area (Å²) in [6.45, 7) is 5.67. The van der Waals surface area contributed by atoms with Gasteiger partial charge in [0.25, 0.3) is 0 Å². The van der Waals surface area contributed by atoms with Crippen molar-refractivity contribution in [3.63, 3.8) is 0 Å². The number of hydrogen-bond donors (Lipinski definition) is 1. The van der Waals surface area contributed by atoms with Crippen LogP contribution < -0.4 is 0 Å². The average Bonchev–Trinajstić information content (AvgIpc) is 2.35. The fraction of sp³-hybridized carbons (Fsp3) is 0.600. The molecule has 1 atom stereocenters. The second-order valence-electron chi connectivity index (χ2n) is 3.85. The lowest BCUT2D eigenvalue weighted by Crippen LogP contribution is -2.20. The molecule has 0 aliphatic rings. The van der Waals surface area contributed by atoms with Crippen LogP contribution in [0.25, 0.3) is 0 Å². The molecule has 1 unspecified atom stereocenters. The molecule has 0 bridgehead atoms. The molecule has 0 aromatic carbocycles. The minimum absolute atomic E-state index is 0.0716. The third-order valence-electron chi connectivity index (χ3n) is 2.51. The molecule has 4 nitrogen and oxygen atoms in total. The zero-order valence-corrected chi connectivity index (χ0v) is 8.98. The van der Waals surface area contributed by atoms with E-state index < -0.39 is 11.9 Å². The van der Waals surface area contributed by atoms with Gasteiger partial charge in [0.15, 0.2) is 0 Å². The van der Waals surface area contributed by atoms with Crippen LogP contribution in [0.15, 0.2) is 6.20 Å². The molecule has 0 amide bonds. The lowest BCUT2D eigenvalue weighted by molar-refractivity contribution is -0.140. The number of carboxylic acids is 1. The van der Waals surface area contributed by atoms with Gasteiger partial charge in [-0.05, 0) is 12.8 Å². The van der Waals surface area contributed by atoms with E-state index >= 15 is 0 Å². The molecule has 0 aliphatic heterocycles. The van der Waals surface area contributed by atoms with Gasteiger partial charge in [-0.1, -0.05) is 13.8 Å². The van der Waals surface area contributed by atoms with Crippen LogP contribution >= 0.6 is 0 Å². The molecule has 0 fully saturated rings. The Labute approximate surface area is 83.6 Å². The Balaban J connectivity index is 3.12. The highest BCUT2D eigenvalue weighted by atomic mass is 16.4. The first-order chi connectivity index (χ1) is 6.45. The molecule has 1 heterocycles. The second-order valence-corrected chi connectivity index (χ2v) is 3.85. The molecule has 1 aromatic rings. The van der Waals surface area contributed by atoms with E-state index in [4.69, 9.17) is 5.11 Å². The van der Waals surface area contributed by atoms with Crippen LogP contribution in [-0.4, -0.2) is 20.6 Å². The van der Waals surface area contributed by atoms with E-state index in [1.807, 2.05) is 32.4 Å². The molecular formula is C10H16N2O2. The van der Waals surface area contributed by atoms with Crippen LogP contribution in [-0.2, 0) is 11.8 Å². The fourth-order valence-corrected chi connectivity index (χ4v) is 1.56. The van der Waals surface area contributed by atoms with Crippen LogP contribution in [0.2, 0.25) is 0 Å². The number of carboxylic acid groups (broad SMARTS) is 1. The normalized spacial score (nSPS) is 13.2. The van der Waals surface area contributed by atoms with Crippen molar-refractivity contribution in [3.05, 3.63) is 17.7 Å². The first kappa shape index (κ1) is 10.8. The van der Waals surface area contributed by atoms with Gasteiger partial charge in [-0.2, -0.15) is 0 Å². The van der Waals surface area contributed by atoms with E-state index in [0.717, 1.165) is 11.5 Å². The van der Waals surface area contributed by atoms with Crippen molar-refractivity contribution in [1.29, 1.82) is 0 Å². The number of nitrogens with zero attached hydrogens (tertiary/aromatic N) is 2. The smallest absolute Gasteiger partial charge is 0.312 e. The largest absolute Gasteiger partial charge is 0.481 e. The van der Waals surface area contributed by atoms with Gasteiger partial charge in [-0.15, -0.1) is 0 Å². The molecule has 78 valence electrons. The summed E-state index contributed by atoms with van der Waals surface area (Å²) in [4.78, 5) is 15.2. The van der Waals surface area contributed by atoms with E-state index in [0.29, 0.717) is 0 Å². The summed E-state index contributed by atoms with van der Waals surface area (Å²) in [6, 6.07) is 0. The summed E-state index contributed by atoms with van der Waals surface area (Å²) < 4.78 is 1.83. The lowest BCUT2D eigenvalue weighted by Gasteiger charge is -2.16.